The van der Waals surface area contributed by atoms with Crippen LogP contribution >= 0.6 is 23.2 Å². The lowest BCUT2D eigenvalue weighted by atomic mass is 9.98. The molecule has 2 aromatic rings. The van der Waals surface area contributed by atoms with E-state index in [1.165, 1.54) is 0 Å². The number of ketones is 1. The van der Waals surface area contributed by atoms with Gasteiger partial charge in [0.25, 0.3) is 0 Å². The lowest BCUT2D eigenvalue weighted by Crippen LogP contribution is -2.27. The first kappa shape index (κ1) is 18.9. The number of halogens is 2. The highest BCUT2D eigenvalue weighted by Gasteiger charge is 2.69. The second-order valence-corrected chi connectivity index (χ2v) is 8.62. The summed E-state index contributed by atoms with van der Waals surface area (Å²) in [5.74, 6) is -0.838. The average Bonchev–Trinajstić information content (AvgIpc) is 3.13. The minimum absolute atomic E-state index is 0.277. The predicted molar refractivity (Wildman–Crippen MR) is 103 cm³/mol. The first-order chi connectivity index (χ1) is 12.1. The Bertz CT molecular complexity index is 841. The van der Waals surface area contributed by atoms with E-state index in [9.17, 15) is 9.59 Å². The molecule has 0 heterocycles. The van der Waals surface area contributed by atoms with Crippen LogP contribution in [-0.2, 0) is 9.53 Å². The van der Waals surface area contributed by atoms with Gasteiger partial charge in [-0.25, -0.2) is 0 Å². The smallest absolute Gasteiger partial charge is 0.316 e. The molecule has 2 atom stereocenters. The second kappa shape index (κ2) is 6.71. The predicted octanol–water partition coefficient (Wildman–Crippen LogP) is 5.35. The summed E-state index contributed by atoms with van der Waals surface area (Å²) in [6, 6.07) is 14.5. The minimum atomic E-state index is -1.14. The van der Waals surface area contributed by atoms with E-state index < -0.39 is 21.8 Å². The normalized spacial score (nSPS) is 21.7. The Kier molecular flexibility index (Phi) is 4.89. The molecule has 2 unspecified atom stereocenters. The Morgan fingerprint density at radius 1 is 0.962 bits per heavy atom. The maximum Gasteiger partial charge on any atom is 0.316 e. The van der Waals surface area contributed by atoms with Gasteiger partial charge in [-0.05, 0) is 20.8 Å². The van der Waals surface area contributed by atoms with E-state index in [1.807, 2.05) is 38.1 Å². The summed E-state index contributed by atoms with van der Waals surface area (Å²) in [4.78, 5) is 25.7. The van der Waals surface area contributed by atoms with E-state index in [0.717, 1.165) is 11.1 Å². The summed E-state index contributed by atoms with van der Waals surface area (Å²) in [5.41, 5.74) is 2.21. The van der Waals surface area contributed by atoms with Gasteiger partial charge in [0.1, 0.15) is 9.75 Å². The number of ether oxygens (including phenoxy) is 1. The number of rotatable bonds is 5. The Morgan fingerprint density at radius 3 is 1.88 bits per heavy atom. The van der Waals surface area contributed by atoms with Gasteiger partial charge in [-0.1, -0.05) is 59.7 Å². The maximum atomic E-state index is 13.0. The highest BCUT2D eigenvalue weighted by atomic mass is 35.5. The number of carbonyl (C=O) groups excluding carboxylic acids is 2. The molecule has 1 aliphatic rings. The molecule has 26 heavy (non-hydrogen) atoms. The Labute approximate surface area is 163 Å². The van der Waals surface area contributed by atoms with E-state index in [4.69, 9.17) is 27.9 Å². The van der Waals surface area contributed by atoms with Crippen LogP contribution in [0.25, 0.3) is 0 Å². The van der Waals surface area contributed by atoms with Crippen molar-refractivity contribution in [2.45, 2.75) is 37.6 Å². The van der Waals surface area contributed by atoms with Gasteiger partial charge in [-0.15, -0.1) is 23.2 Å². The Hall–Kier alpha value is -1.84. The van der Waals surface area contributed by atoms with Gasteiger partial charge >= 0.3 is 5.97 Å². The molecule has 0 bridgehead atoms. The molecular weight excluding hydrogens is 371 g/mol. The number of Topliss-reactive ketones (excluding diaryl/α,β-unsaturated/α-hetero) is 1. The van der Waals surface area contributed by atoms with Crippen molar-refractivity contribution in [3.63, 3.8) is 0 Å². The van der Waals surface area contributed by atoms with Crippen LogP contribution in [0, 0.1) is 19.3 Å². The molecule has 0 spiro atoms. The zero-order valence-electron chi connectivity index (χ0n) is 14.9. The van der Waals surface area contributed by atoms with Crippen LogP contribution in [0.15, 0.2) is 48.5 Å². The topological polar surface area (TPSA) is 43.4 Å². The number of alkyl halides is 2. The monoisotopic (exact) mass is 390 g/mol. The van der Waals surface area contributed by atoms with Crippen molar-refractivity contribution in [1.82, 2.24) is 0 Å². The molecule has 5 heteroatoms. The van der Waals surface area contributed by atoms with Crippen LogP contribution in [0.1, 0.15) is 46.5 Å². The van der Waals surface area contributed by atoms with Crippen molar-refractivity contribution in [2.75, 3.05) is 0 Å². The molecular formula is C21H20Cl2O3. The number of hydrogen-bond donors (Lipinski definition) is 0. The van der Waals surface area contributed by atoms with Crippen LogP contribution in [0.2, 0.25) is 0 Å². The summed E-state index contributed by atoms with van der Waals surface area (Å²) in [6.45, 7) is 5.55. The molecule has 136 valence electrons. The molecule has 0 radical (unpaired) electrons. The van der Waals surface area contributed by atoms with Gasteiger partial charge < -0.3 is 4.74 Å². The third-order valence-corrected chi connectivity index (χ3v) is 5.99. The maximum absolute atomic E-state index is 13.0. The van der Waals surface area contributed by atoms with Crippen LogP contribution in [0.3, 0.4) is 0 Å². The second-order valence-electron chi connectivity index (χ2n) is 7.14. The van der Waals surface area contributed by atoms with Crippen molar-refractivity contribution in [3.05, 3.63) is 70.8 Å². The van der Waals surface area contributed by atoms with Gasteiger partial charge in [0, 0.05) is 17.5 Å². The first-order valence-corrected chi connectivity index (χ1v) is 9.16. The fourth-order valence-electron chi connectivity index (χ4n) is 2.74. The SMILES string of the molecule is Cc1ccc(C(=O)C(OC(=O)C2(C)CC2(Cl)Cl)c2ccc(C)cc2)cc1. The quantitative estimate of drug-likeness (QED) is 0.392. The number of aryl methyl sites for hydroxylation is 2. The van der Waals surface area contributed by atoms with E-state index in [-0.39, 0.29) is 5.78 Å². The minimum Gasteiger partial charge on any atom is -0.448 e. The fraction of sp³-hybridized carbons (Fsp3) is 0.333. The summed E-state index contributed by atoms with van der Waals surface area (Å²) in [5, 5.41) is 0. The first-order valence-electron chi connectivity index (χ1n) is 8.40. The van der Waals surface area contributed by atoms with Crippen molar-refractivity contribution in [1.29, 1.82) is 0 Å². The third kappa shape index (κ3) is 3.51. The molecule has 3 rings (SSSR count). The lowest BCUT2D eigenvalue weighted by molar-refractivity contribution is -0.153. The standard InChI is InChI=1S/C21H20Cl2O3/c1-13-4-8-15(9-5-13)17(24)18(16-10-6-14(2)7-11-16)26-19(25)20(3)12-21(20,22)23/h4-11,18H,12H2,1-3H3. The average molecular weight is 391 g/mol. The highest BCUT2D eigenvalue weighted by molar-refractivity contribution is 6.53. The Morgan fingerprint density at radius 2 is 1.42 bits per heavy atom. The zero-order chi connectivity index (χ0) is 19.1. The van der Waals surface area contributed by atoms with Gasteiger partial charge in [-0.2, -0.15) is 0 Å². The summed E-state index contributed by atoms with van der Waals surface area (Å²) < 4.78 is 4.48. The van der Waals surface area contributed by atoms with Crippen molar-refractivity contribution < 1.29 is 14.3 Å². The number of benzene rings is 2. The molecule has 0 aliphatic heterocycles. The van der Waals surface area contributed by atoms with Gasteiger partial charge in [0.05, 0.1) is 0 Å². The van der Waals surface area contributed by atoms with Crippen molar-refractivity contribution in [3.8, 4) is 0 Å². The lowest BCUT2D eigenvalue weighted by Gasteiger charge is -2.20. The molecule has 0 N–H and O–H groups in total. The molecule has 0 amide bonds. The summed E-state index contributed by atoms with van der Waals surface area (Å²) >= 11 is 12.2. The van der Waals surface area contributed by atoms with E-state index in [2.05, 4.69) is 0 Å². The van der Waals surface area contributed by atoms with E-state index >= 15 is 0 Å². The van der Waals surface area contributed by atoms with E-state index in [0.29, 0.717) is 17.5 Å². The molecule has 1 aliphatic carbocycles. The van der Waals surface area contributed by atoms with Crippen LogP contribution in [-0.4, -0.2) is 16.1 Å². The van der Waals surface area contributed by atoms with Gasteiger partial charge in [0.15, 0.2) is 6.10 Å². The largest absolute Gasteiger partial charge is 0.448 e. The zero-order valence-corrected chi connectivity index (χ0v) is 16.4. The van der Waals surface area contributed by atoms with Crippen LogP contribution in [0.4, 0.5) is 0 Å². The van der Waals surface area contributed by atoms with E-state index in [1.54, 1.807) is 31.2 Å². The van der Waals surface area contributed by atoms with Crippen LogP contribution < -0.4 is 0 Å². The molecule has 1 saturated carbocycles. The Balaban J connectivity index is 1.92. The number of carbonyl (C=O) groups is 2. The molecule has 0 saturated heterocycles. The molecule has 0 aromatic heterocycles. The summed E-state index contributed by atoms with van der Waals surface area (Å²) in [7, 11) is 0. The number of hydrogen-bond acceptors (Lipinski definition) is 3. The highest BCUT2D eigenvalue weighted by Crippen LogP contribution is 2.64. The van der Waals surface area contributed by atoms with Gasteiger partial charge in [0.2, 0.25) is 5.78 Å². The fourth-order valence-corrected chi connectivity index (χ4v) is 3.43. The summed E-state index contributed by atoms with van der Waals surface area (Å²) in [6.07, 6.45) is -0.728. The third-order valence-electron chi connectivity index (χ3n) is 4.89. The molecule has 3 nitrogen and oxygen atoms in total. The van der Waals surface area contributed by atoms with Crippen LogP contribution in [0.5, 0.6) is 0 Å². The van der Waals surface area contributed by atoms with Crippen molar-refractivity contribution >= 4 is 35.0 Å². The number of esters is 1. The van der Waals surface area contributed by atoms with Gasteiger partial charge in [-0.3, -0.25) is 9.59 Å². The molecule has 1 fully saturated rings. The molecule has 2 aromatic carbocycles. The van der Waals surface area contributed by atoms with Crippen molar-refractivity contribution in [2.24, 2.45) is 5.41 Å².